The molecule has 0 saturated heterocycles. The zero-order chi connectivity index (χ0) is 8.55. The minimum atomic E-state index is 0.0644. The number of rotatable bonds is 1. The lowest BCUT2D eigenvalue weighted by atomic mass is 10.5. The monoisotopic (exact) mass is 201 g/mol. The summed E-state index contributed by atoms with van der Waals surface area (Å²) >= 11 is 7.08. The number of aromatic nitrogens is 2. The maximum absolute atomic E-state index is 5.71. The van der Waals surface area contributed by atoms with Gasteiger partial charge in [-0.25, -0.2) is 0 Å². The first-order valence-corrected chi connectivity index (χ1v) is 4.30. The fourth-order valence-corrected chi connectivity index (χ4v) is 1.73. The third kappa shape index (κ3) is 1.28. The van der Waals surface area contributed by atoms with Crippen molar-refractivity contribution < 1.29 is 4.42 Å². The van der Waals surface area contributed by atoms with E-state index in [1.54, 1.807) is 12.1 Å². The Morgan fingerprint density at radius 2 is 2.25 bits per heavy atom. The van der Waals surface area contributed by atoms with Crippen LogP contribution in [0.15, 0.2) is 16.5 Å². The summed E-state index contributed by atoms with van der Waals surface area (Å²) in [5.41, 5.74) is 5.25. The van der Waals surface area contributed by atoms with Gasteiger partial charge >= 0.3 is 6.01 Å². The molecule has 62 valence electrons. The molecule has 0 aliphatic carbocycles. The molecule has 12 heavy (non-hydrogen) atoms. The Morgan fingerprint density at radius 3 is 2.75 bits per heavy atom. The van der Waals surface area contributed by atoms with Crippen molar-refractivity contribution in [2.75, 3.05) is 5.73 Å². The standard InChI is InChI=1S/C6H4ClN3OS/c7-4-2-1-3(12-4)5-9-10-6(8)11-5/h1-2H,(H2,8,10). The van der Waals surface area contributed by atoms with Crippen molar-refractivity contribution in [1.82, 2.24) is 10.2 Å². The highest BCUT2D eigenvalue weighted by Gasteiger charge is 2.07. The van der Waals surface area contributed by atoms with Gasteiger partial charge in [-0.2, -0.15) is 0 Å². The summed E-state index contributed by atoms with van der Waals surface area (Å²) in [6.45, 7) is 0. The number of anilines is 1. The molecule has 2 aromatic heterocycles. The average molecular weight is 202 g/mol. The van der Waals surface area contributed by atoms with E-state index in [-0.39, 0.29) is 6.01 Å². The van der Waals surface area contributed by atoms with Gasteiger partial charge in [0.25, 0.3) is 5.89 Å². The fraction of sp³-hybridized carbons (Fsp3) is 0. The summed E-state index contributed by atoms with van der Waals surface area (Å²) in [5.74, 6) is 0.407. The van der Waals surface area contributed by atoms with Crippen LogP contribution in [0.3, 0.4) is 0 Å². The molecule has 2 aromatic rings. The highest BCUT2D eigenvalue weighted by atomic mass is 35.5. The van der Waals surface area contributed by atoms with Gasteiger partial charge < -0.3 is 10.2 Å². The summed E-state index contributed by atoms with van der Waals surface area (Å²) in [6, 6.07) is 3.64. The van der Waals surface area contributed by atoms with E-state index in [1.165, 1.54) is 11.3 Å². The topological polar surface area (TPSA) is 64.9 Å². The van der Waals surface area contributed by atoms with Gasteiger partial charge in [0.15, 0.2) is 0 Å². The second kappa shape index (κ2) is 2.76. The predicted octanol–water partition coefficient (Wildman–Crippen LogP) is 2.03. The third-order valence-corrected chi connectivity index (χ3v) is 2.44. The van der Waals surface area contributed by atoms with Gasteiger partial charge in [-0.3, -0.25) is 0 Å². The number of thiophene rings is 1. The van der Waals surface area contributed by atoms with Crippen molar-refractivity contribution in [2.24, 2.45) is 0 Å². The van der Waals surface area contributed by atoms with E-state index in [4.69, 9.17) is 21.8 Å². The van der Waals surface area contributed by atoms with Crippen LogP contribution in [-0.2, 0) is 0 Å². The lowest BCUT2D eigenvalue weighted by Gasteiger charge is -1.82. The minimum absolute atomic E-state index is 0.0644. The molecule has 2 N–H and O–H groups in total. The number of nitrogens with two attached hydrogens (primary N) is 1. The van der Waals surface area contributed by atoms with E-state index in [1.807, 2.05) is 0 Å². The van der Waals surface area contributed by atoms with Crippen LogP contribution in [-0.4, -0.2) is 10.2 Å². The zero-order valence-electron chi connectivity index (χ0n) is 5.82. The van der Waals surface area contributed by atoms with Crippen LogP contribution in [0.1, 0.15) is 0 Å². The molecule has 0 fully saturated rings. The van der Waals surface area contributed by atoms with Gasteiger partial charge in [0.05, 0.1) is 9.21 Å². The minimum Gasteiger partial charge on any atom is -0.403 e. The molecule has 0 aliphatic heterocycles. The van der Waals surface area contributed by atoms with Crippen LogP contribution < -0.4 is 5.73 Å². The van der Waals surface area contributed by atoms with E-state index >= 15 is 0 Å². The number of hydrogen-bond acceptors (Lipinski definition) is 5. The first kappa shape index (κ1) is 7.57. The largest absolute Gasteiger partial charge is 0.403 e. The first-order chi connectivity index (χ1) is 5.75. The quantitative estimate of drug-likeness (QED) is 0.767. The van der Waals surface area contributed by atoms with Crippen molar-refractivity contribution in [3.8, 4) is 10.8 Å². The van der Waals surface area contributed by atoms with Crippen molar-refractivity contribution in [3.05, 3.63) is 16.5 Å². The number of nitrogens with zero attached hydrogens (tertiary/aromatic N) is 2. The normalized spacial score (nSPS) is 10.4. The van der Waals surface area contributed by atoms with E-state index < -0.39 is 0 Å². The van der Waals surface area contributed by atoms with Crippen LogP contribution in [0.5, 0.6) is 0 Å². The number of hydrogen-bond donors (Lipinski definition) is 1. The molecule has 0 aliphatic rings. The predicted molar refractivity (Wildman–Crippen MR) is 47.0 cm³/mol. The molecule has 2 heterocycles. The highest BCUT2D eigenvalue weighted by Crippen LogP contribution is 2.29. The lowest BCUT2D eigenvalue weighted by Crippen LogP contribution is -1.81. The molecule has 0 aromatic carbocycles. The zero-order valence-corrected chi connectivity index (χ0v) is 7.39. The summed E-state index contributed by atoms with van der Waals surface area (Å²) < 4.78 is 5.67. The van der Waals surface area contributed by atoms with Gasteiger partial charge in [-0.1, -0.05) is 16.7 Å². The Kier molecular flexibility index (Phi) is 1.74. The molecule has 0 spiro atoms. The molecule has 0 unspecified atom stereocenters. The van der Waals surface area contributed by atoms with Crippen LogP contribution >= 0.6 is 22.9 Å². The molecule has 0 amide bonds. The maximum atomic E-state index is 5.71. The Morgan fingerprint density at radius 1 is 1.42 bits per heavy atom. The average Bonchev–Trinajstić information content (AvgIpc) is 2.58. The fourth-order valence-electron chi connectivity index (χ4n) is 0.763. The molecule has 2 rings (SSSR count). The van der Waals surface area contributed by atoms with Crippen molar-refractivity contribution in [3.63, 3.8) is 0 Å². The van der Waals surface area contributed by atoms with Crippen LogP contribution in [0.2, 0.25) is 4.34 Å². The summed E-state index contributed by atoms with van der Waals surface area (Å²) in [6.07, 6.45) is 0. The van der Waals surface area contributed by atoms with E-state index in [2.05, 4.69) is 10.2 Å². The highest BCUT2D eigenvalue weighted by molar-refractivity contribution is 7.19. The summed E-state index contributed by atoms with van der Waals surface area (Å²) in [7, 11) is 0. The smallest absolute Gasteiger partial charge is 0.313 e. The van der Waals surface area contributed by atoms with Crippen LogP contribution in [0.4, 0.5) is 6.01 Å². The third-order valence-electron chi connectivity index (χ3n) is 1.22. The molecular weight excluding hydrogens is 198 g/mol. The van der Waals surface area contributed by atoms with Gasteiger partial charge in [0, 0.05) is 0 Å². The number of nitrogen functional groups attached to an aromatic ring is 1. The Hall–Kier alpha value is -1.07. The summed E-state index contributed by atoms with van der Waals surface area (Å²) in [4.78, 5) is 0.823. The Balaban J connectivity index is 2.43. The van der Waals surface area contributed by atoms with Gasteiger partial charge in [0.2, 0.25) is 0 Å². The van der Waals surface area contributed by atoms with E-state index in [9.17, 15) is 0 Å². The second-order valence-electron chi connectivity index (χ2n) is 2.05. The van der Waals surface area contributed by atoms with Gasteiger partial charge in [0.1, 0.15) is 0 Å². The van der Waals surface area contributed by atoms with Crippen molar-refractivity contribution in [1.29, 1.82) is 0 Å². The summed E-state index contributed by atoms with van der Waals surface area (Å²) in [5, 5.41) is 7.24. The Bertz CT molecular complexity index is 359. The number of halogens is 1. The van der Waals surface area contributed by atoms with E-state index in [0.29, 0.717) is 10.2 Å². The van der Waals surface area contributed by atoms with Gasteiger partial charge in [-0.15, -0.1) is 16.4 Å². The maximum Gasteiger partial charge on any atom is 0.313 e. The first-order valence-electron chi connectivity index (χ1n) is 3.10. The van der Waals surface area contributed by atoms with Crippen molar-refractivity contribution >= 4 is 29.0 Å². The molecule has 0 bridgehead atoms. The molecular formula is C6H4ClN3OS. The Labute approximate surface area is 77.0 Å². The van der Waals surface area contributed by atoms with Crippen molar-refractivity contribution in [2.45, 2.75) is 0 Å². The molecule has 4 nitrogen and oxygen atoms in total. The molecule has 6 heteroatoms. The van der Waals surface area contributed by atoms with Gasteiger partial charge in [-0.05, 0) is 12.1 Å². The van der Waals surface area contributed by atoms with Crippen LogP contribution in [0, 0.1) is 0 Å². The second-order valence-corrected chi connectivity index (χ2v) is 3.76. The SMILES string of the molecule is Nc1nnc(-c2ccc(Cl)s2)o1. The lowest BCUT2D eigenvalue weighted by molar-refractivity contribution is 0.592. The molecule has 0 saturated carbocycles. The molecule has 0 radical (unpaired) electrons. The molecule has 0 atom stereocenters. The van der Waals surface area contributed by atoms with Crippen LogP contribution in [0.25, 0.3) is 10.8 Å². The van der Waals surface area contributed by atoms with E-state index in [0.717, 1.165) is 4.88 Å².